The Morgan fingerprint density at radius 3 is 2.22 bits per heavy atom. The Morgan fingerprint density at radius 1 is 0.861 bits per heavy atom. The number of halogens is 3. The molecule has 4 aromatic rings. The zero-order valence-corrected chi connectivity index (χ0v) is 19.7. The number of carbonyl (C=O) groups is 1. The molecule has 0 saturated heterocycles. The number of alkyl halides is 3. The van der Waals surface area contributed by atoms with Crippen molar-refractivity contribution in [3.63, 3.8) is 0 Å². The van der Waals surface area contributed by atoms with Gasteiger partial charge in [0.1, 0.15) is 5.56 Å². The molecule has 36 heavy (non-hydrogen) atoms. The van der Waals surface area contributed by atoms with Gasteiger partial charge in [-0.2, -0.15) is 21.6 Å². The van der Waals surface area contributed by atoms with E-state index >= 15 is 0 Å². The van der Waals surface area contributed by atoms with Crippen LogP contribution in [0.1, 0.15) is 17.3 Å². The molecule has 0 N–H and O–H groups in total. The van der Waals surface area contributed by atoms with Crippen molar-refractivity contribution < 1.29 is 35.3 Å². The lowest BCUT2D eigenvalue weighted by atomic mass is 10.1. The molecule has 0 aliphatic heterocycles. The molecule has 0 aliphatic carbocycles. The van der Waals surface area contributed by atoms with Crippen molar-refractivity contribution in [3.8, 4) is 5.75 Å². The number of esters is 1. The highest BCUT2D eigenvalue weighted by molar-refractivity contribution is 7.88. The van der Waals surface area contributed by atoms with Gasteiger partial charge >= 0.3 is 21.6 Å². The van der Waals surface area contributed by atoms with E-state index < -0.39 is 32.9 Å². The predicted octanol–water partition coefficient (Wildman–Crippen LogP) is 6.71. The third kappa shape index (κ3) is 4.99. The first-order chi connectivity index (χ1) is 17.1. The minimum absolute atomic E-state index is 0.0831. The van der Waals surface area contributed by atoms with Crippen LogP contribution >= 0.6 is 0 Å². The molecule has 0 spiro atoms. The highest BCUT2D eigenvalue weighted by atomic mass is 32.2. The van der Waals surface area contributed by atoms with Crippen LogP contribution in [0.25, 0.3) is 10.8 Å². The van der Waals surface area contributed by atoms with Crippen molar-refractivity contribution in [1.29, 1.82) is 0 Å². The fourth-order valence-electron chi connectivity index (χ4n) is 3.67. The number of rotatable bonds is 7. The van der Waals surface area contributed by atoms with Gasteiger partial charge in [-0.25, -0.2) is 4.79 Å². The number of para-hydroxylation sites is 1. The summed E-state index contributed by atoms with van der Waals surface area (Å²) in [7, 11) is -6.01. The van der Waals surface area contributed by atoms with E-state index in [1.54, 1.807) is 4.90 Å². The minimum Gasteiger partial charge on any atom is -0.462 e. The molecule has 0 unspecified atom stereocenters. The van der Waals surface area contributed by atoms with Gasteiger partial charge in [0.25, 0.3) is 0 Å². The molecule has 0 radical (unpaired) electrons. The van der Waals surface area contributed by atoms with Gasteiger partial charge in [-0.05, 0) is 48.7 Å². The van der Waals surface area contributed by atoms with Gasteiger partial charge in [-0.1, -0.05) is 54.6 Å². The van der Waals surface area contributed by atoms with E-state index in [0.29, 0.717) is 11.4 Å². The Labute approximate surface area is 205 Å². The molecule has 186 valence electrons. The van der Waals surface area contributed by atoms with E-state index in [-0.39, 0.29) is 6.61 Å². The second-order valence-corrected chi connectivity index (χ2v) is 9.09. The highest BCUT2D eigenvalue weighted by Gasteiger charge is 2.49. The zero-order chi connectivity index (χ0) is 25.9. The first kappa shape index (κ1) is 25.1. The van der Waals surface area contributed by atoms with Crippen LogP contribution in [0.3, 0.4) is 0 Å². The molecule has 4 rings (SSSR count). The molecule has 6 nitrogen and oxygen atoms in total. The lowest BCUT2D eigenvalue weighted by molar-refractivity contribution is -0.0500. The summed E-state index contributed by atoms with van der Waals surface area (Å²) in [5.41, 5.74) is -4.34. The Morgan fingerprint density at radius 2 is 1.53 bits per heavy atom. The van der Waals surface area contributed by atoms with Gasteiger partial charge in [0, 0.05) is 16.8 Å². The average molecular weight is 516 g/mol. The number of ether oxygens (including phenoxy) is 1. The maximum absolute atomic E-state index is 13.0. The van der Waals surface area contributed by atoms with Crippen LogP contribution in [-0.4, -0.2) is 26.5 Å². The topological polar surface area (TPSA) is 72.9 Å². The average Bonchev–Trinajstić information content (AvgIpc) is 2.85. The summed E-state index contributed by atoms with van der Waals surface area (Å²) in [6.07, 6.45) is 0. The molecule has 0 atom stereocenters. The second-order valence-electron chi connectivity index (χ2n) is 7.55. The van der Waals surface area contributed by atoms with Gasteiger partial charge in [0.05, 0.1) is 12.3 Å². The summed E-state index contributed by atoms with van der Waals surface area (Å²) in [6.45, 7) is 1.43. The summed E-state index contributed by atoms with van der Waals surface area (Å²) in [5.74, 6) is -1.82. The third-order valence-corrected chi connectivity index (χ3v) is 6.19. The second kappa shape index (κ2) is 9.90. The molecule has 0 amide bonds. The van der Waals surface area contributed by atoms with E-state index in [1.807, 2.05) is 72.8 Å². The summed E-state index contributed by atoms with van der Waals surface area (Å²) in [4.78, 5) is 14.5. The summed E-state index contributed by atoms with van der Waals surface area (Å²) < 4.78 is 71.5. The first-order valence-corrected chi connectivity index (χ1v) is 12.2. The number of nitrogens with zero attached hydrogens (tertiary/aromatic N) is 1. The van der Waals surface area contributed by atoms with E-state index in [9.17, 15) is 26.4 Å². The van der Waals surface area contributed by atoms with Crippen LogP contribution in [-0.2, 0) is 14.9 Å². The Bertz CT molecular complexity index is 1500. The van der Waals surface area contributed by atoms with Crippen molar-refractivity contribution in [2.75, 3.05) is 11.5 Å². The fourth-order valence-corrected chi connectivity index (χ4v) is 4.15. The molecular formula is C26H20F3NO5S. The Kier molecular flexibility index (Phi) is 6.89. The third-order valence-electron chi connectivity index (χ3n) is 5.22. The lowest BCUT2D eigenvalue weighted by Gasteiger charge is -2.27. The van der Waals surface area contributed by atoms with Crippen LogP contribution in [0.15, 0.2) is 91.0 Å². The van der Waals surface area contributed by atoms with Crippen LogP contribution in [0.4, 0.5) is 30.2 Å². The lowest BCUT2D eigenvalue weighted by Crippen LogP contribution is -2.28. The van der Waals surface area contributed by atoms with Gasteiger partial charge < -0.3 is 13.8 Å². The standard InChI is InChI=1S/C26H20F3NO5S/c1-2-34-25(31)22-17-20(15-16-24(22)35-36(32,33)26(27,28)29)30(19-11-4-3-5-12-19)23-14-8-10-18-9-6-7-13-21(18)23/h3-17H,2H2,1H3. The largest absolute Gasteiger partial charge is 0.534 e. The van der Waals surface area contributed by atoms with E-state index in [4.69, 9.17) is 4.74 Å². The molecule has 0 aromatic heterocycles. The molecule has 0 bridgehead atoms. The molecule has 0 heterocycles. The van der Waals surface area contributed by atoms with Crippen molar-refractivity contribution >= 4 is 43.9 Å². The normalized spacial score (nSPS) is 11.8. The summed E-state index contributed by atoms with van der Waals surface area (Å²) in [5, 5.41) is 1.82. The number of carbonyl (C=O) groups excluding carboxylic acids is 1. The fraction of sp³-hybridized carbons (Fsp3) is 0.115. The van der Waals surface area contributed by atoms with E-state index in [1.165, 1.54) is 19.1 Å². The molecule has 0 saturated carbocycles. The van der Waals surface area contributed by atoms with Gasteiger partial charge in [-0.15, -0.1) is 0 Å². The molecule has 0 fully saturated rings. The van der Waals surface area contributed by atoms with Crippen molar-refractivity contribution in [2.45, 2.75) is 12.4 Å². The van der Waals surface area contributed by atoms with Crippen molar-refractivity contribution in [1.82, 2.24) is 0 Å². The maximum atomic E-state index is 13.0. The highest BCUT2D eigenvalue weighted by Crippen LogP contribution is 2.40. The van der Waals surface area contributed by atoms with Crippen LogP contribution in [0.2, 0.25) is 0 Å². The maximum Gasteiger partial charge on any atom is 0.534 e. The molecular weight excluding hydrogens is 495 g/mol. The first-order valence-electron chi connectivity index (χ1n) is 10.8. The Hall–Kier alpha value is -4.05. The van der Waals surface area contributed by atoms with Gasteiger partial charge in [0.2, 0.25) is 0 Å². The van der Waals surface area contributed by atoms with Crippen LogP contribution in [0, 0.1) is 0 Å². The smallest absolute Gasteiger partial charge is 0.462 e. The van der Waals surface area contributed by atoms with Gasteiger partial charge in [0.15, 0.2) is 5.75 Å². The minimum atomic E-state index is -6.01. The Balaban J connectivity index is 1.93. The number of hydrogen-bond donors (Lipinski definition) is 0. The summed E-state index contributed by atoms with van der Waals surface area (Å²) in [6, 6.07) is 26.0. The van der Waals surface area contributed by atoms with Gasteiger partial charge in [-0.3, -0.25) is 0 Å². The quantitative estimate of drug-likeness (QED) is 0.155. The zero-order valence-electron chi connectivity index (χ0n) is 18.9. The number of fused-ring (bicyclic) bond motifs is 1. The van der Waals surface area contributed by atoms with E-state index in [0.717, 1.165) is 22.5 Å². The van der Waals surface area contributed by atoms with Crippen molar-refractivity contribution in [2.24, 2.45) is 0 Å². The number of benzene rings is 4. The molecule has 4 aromatic carbocycles. The van der Waals surface area contributed by atoms with E-state index in [2.05, 4.69) is 4.18 Å². The SMILES string of the molecule is CCOC(=O)c1cc(N(c2ccccc2)c2cccc3ccccc23)ccc1OS(=O)(=O)C(F)(F)F. The van der Waals surface area contributed by atoms with Crippen LogP contribution in [0.5, 0.6) is 5.75 Å². The summed E-state index contributed by atoms with van der Waals surface area (Å²) >= 11 is 0. The molecule has 10 heteroatoms. The number of anilines is 3. The van der Waals surface area contributed by atoms with Crippen molar-refractivity contribution in [3.05, 3.63) is 96.6 Å². The van der Waals surface area contributed by atoms with Crippen LogP contribution < -0.4 is 9.08 Å². The molecule has 0 aliphatic rings. The predicted molar refractivity (Wildman–Crippen MR) is 130 cm³/mol. The monoisotopic (exact) mass is 515 g/mol. The number of hydrogen-bond acceptors (Lipinski definition) is 6.